The summed E-state index contributed by atoms with van der Waals surface area (Å²) in [5, 5.41) is 5.66. The van der Waals surface area contributed by atoms with Gasteiger partial charge in [0.25, 0.3) is 0 Å². The molecule has 9 heteroatoms. The van der Waals surface area contributed by atoms with Gasteiger partial charge < -0.3 is 24.4 Å². The van der Waals surface area contributed by atoms with Gasteiger partial charge in [0.05, 0.1) is 43.6 Å². The monoisotopic (exact) mass is 533 g/mol. The topological polar surface area (TPSA) is 89.5 Å². The zero-order valence-electron chi connectivity index (χ0n) is 21.5. The summed E-state index contributed by atoms with van der Waals surface area (Å²) in [6.07, 6.45) is 2.20. The van der Waals surface area contributed by atoms with E-state index in [2.05, 4.69) is 5.32 Å². The standard InChI is InChI=1S/C29H31N3O5S/c1-3-36-28(34)25-26(19-8-5-4-6-9-19)31-29-32(27(25)20-11-13-22(35-2)14-12-20)21(18-38-29)16-24(33)30-17-23-10-7-15-37-23/h4-6,8-9,11-14,18,23,27H,3,7,10,15-17H2,1-2H3,(H,30,33). The van der Waals surface area contributed by atoms with Crippen LogP contribution in [0.5, 0.6) is 5.75 Å². The van der Waals surface area contributed by atoms with Crippen LogP contribution in [0.15, 0.2) is 76.3 Å². The second-order valence-corrected chi connectivity index (χ2v) is 9.97. The molecule has 38 heavy (non-hydrogen) atoms. The maximum absolute atomic E-state index is 13.5. The summed E-state index contributed by atoms with van der Waals surface area (Å²) < 4.78 is 16.6. The first-order valence-electron chi connectivity index (χ1n) is 12.8. The number of esters is 1. The summed E-state index contributed by atoms with van der Waals surface area (Å²) in [6.45, 7) is 3.26. The fourth-order valence-corrected chi connectivity index (χ4v) is 5.77. The van der Waals surface area contributed by atoms with Crippen molar-refractivity contribution in [2.75, 3.05) is 26.9 Å². The summed E-state index contributed by atoms with van der Waals surface area (Å²) in [4.78, 5) is 33.4. The summed E-state index contributed by atoms with van der Waals surface area (Å²) in [5.41, 5.74) is 3.46. The molecule has 2 unspecified atom stereocenters. The number of nitrogens with one attached hydrogen (secondary N) is 1. The normalized spacial score (nSPS) is 20.5. The molecule has 3 heterocycles. The Morgan fingerprint density at radius 1 is 1.16 bits per heavy atom. The number of rotatable bonds is 9. The van der Waals surface area contributed by atoms with E-state index in [1.807, 2.05) is 64.9 Å². The maximum Gasteiger partial charge on any atom is 0.338 e. The minimum atomic E-state index is -0.533. The van der Waals surface area contributed by atoms with E-state index < -0.39 is 12.0 Å². The molecule has 3 aliphatic heterocycles. The van der Waals surface area contributed by atoms with Crippen molar-refractivity contribution in [3.05, 3.63) is 82.4 Å². The number of thioether (sulfide) groups is 1. The number of methoxy groups -OCH3 is 1. The van der Waals surface area contributed by atoms with E-state index in [9.17, 15) is 9.59 Å². The number of carbonyl (C=O) groups excluding carboxylic acids is 2. The summed E-state index contributed by atoms with van der Waals surface area (Å²) in [5.74, 6) is 0.176. The van der Waals surface area contributed by atoms with Crippen LogP contribution in [0.4, 0.5) is 0 Å². The number of carbonyl (C=O) groups is 2. The summed E-state index contributed by atoms with van der Waals surface area (Å²) >= 11 is 1.45. The Labute approximate surface area is 226 Å². The van der Waals surface area contributed by atoms with Crippen LogP contribution >= 0.6 is 11.8 Å². The molecule has 0 bridgehead atoms. The molecule has 0 spiro atoms. The zero-order chi connectivity index (χ0) is 26.5. The molecule has 1 fully saturated rings. The third kappa shape index (κ3) is 5.49. The van der Waals surface area contributed by atoms with E-state index in [1.54, 1.807) is 14.0 Å². The van der Waals surface area contributed by atoms with Crippen LogP contribution in [0.2, 0.25) is 0 Å². The van der Waals surface area contributed by atoms with Gasteiger partial charge in [-0.3, -0.25) is 4.79 Å². The molecule has 1 N–H and O–H groups in total. The molecule has 0 radical (unpaired) electrons. The first-order valence-corrected chi connectivity index (χ1v) is 13.7. The number of hydrogen-bond acceptors (Lipinski definition) is 8. The molecule has 198 valence electrons. The molecular weight excluding hydrogens is 502 g/mol. The highest BCUT2D eigenvalue weighted by Crippen LogP contribution is 2.47. The molecule has 5 rings (SSSR count). The van der Waals surface area contributed by atoms with Gasteiger partial charge in [0.1, 0.15) is 5.75 Å². The van der Waals surface area contributed by atoms with E-state index >= 15 is 0 Å². The van der Waals surface area contributed by atoms with Crippen LogP contribution in [0.1, 0.15) is 43.4 Å². The van der Waals surface area contributed by atoms with Gasteiger partial charge in [0, 0.05) is 24.4 Å². The first kappa shape index (κ1) is 26.1. The second-order valence-electron chi connectivity index (χ2n) is 9.13. The molecule has 1 amide bonds. The van der Waals surface area contributed by atoms with Gasteiger partial charge in [-0.2, -0.15) is 0 Å². The van der Waals surface area contributed by atoms with Crippen LogP contribution in [-0.2, 0) is 19.1 Å². The van der Waals surface area contributed by atoms with E-state index in [1.165, 1.54) is 11.8 Å². The van der Waals surface area contributed by atoms with Crippen LogP contribution in [0.3, 0.4) is 0 Å². The maximum atomic E-state index is 13.5. The number of benzene rings is 2. The lowest BCUT2D eigenvalue weighted by molar-refractivity contribution is -0.139. The molecule has 1 saturated heterocycles. The Balaban J connectivity index is 1.53. The molecule has 0 aliphatic carbocycles. The molecule has 8 nitrogen and oxygen atoms in total. The van der Waals surface area contributed by atoms with Crippen molar-refractivity contribution in [1.82, 2.24) is 10.2 Å². The van der Waals surface area contributed by atoms with Crippen LogP contribution in [0, 0.1) is 0 Å². The average Bonchev–Trinajstić information content (AvgIpc) is 3.62. The van der Waals surface area contributed by atoms with E-state index in [0.29, 0.717) is 28.7 Å². The Hall–Kier alpha value is -3.56. The van der Waals surface area contributed by atoms with Gasteiger partial charge >= 0.3 is 5.97 Å². The average molecular weight is 534 g/mol. The molecule has 0 aromatic heterocycles. The van der Waals surface area contributed by atoms with Crippen molar-refractivity contribution in [3.8, 4) is 5.75 Å². The molecule has 0 saturated carbocycles. The van der Waals surface area contributed by atoms with Crippen LogP contribution < -0.4 is 10.1 Å². The lowest BCUT2D eigenvalue weighted by Crippen LogP contribution is -2.38. The van der Waals surface area contributed by atoms with Gasteiger partial charge in [-0.05, 0) is 42.9 Å². The smallest absolute Gasteiger partial charge is 0.338 e. The number of amides is 1. The number of amidine groups is 1. The lowest BCUT2D eigenvalue weighted by atomic mass is 9.91. The third-order valence-electron chi connectivity index (χ3n) is 6.68. The first-order chi connectivity index (χ1) is 18.6. The number of fused-ring (bicyclic) bond motifs is 1. The molecular formula is C29H31N3O5S. The molecule has 2 aromatic carbocycles. The van der Waals surface area contributed by atoms with Gasteiger partial charge in [-0.1, -0.05) is 54.2 Å². The van der Waals surface area contributed by atoms with Gasteiger partial charge in [0.2, 0.25) is 5.91 Å². The van der Waals surface area contributed by atoms with Gasteiger partial charge in [-0.15, -0.1) is 0 Å². The van der Waals surface area contributed by atoms with Crippen molar-refractivity contribution in [2.45, 2.75) is 38.3 Å². The number of hydrogen-bond donors (Lipinski definition) is 1. The zero-order valence-corrected chi connectivity index (χ0v) is 22.3. The highest BCUT2D eigenvalue weighted by molar-refractivity contribution is 8.16. The van der Waals surface area contributed by atoms with Crippen molar-refractivity contribution in [2.24, 2.45) is 4.99 Å². The number of nitrogens with zero attached hydrogens (tertiary/aromatic N) is 2. The van der Waals surface area contributed by atoms with Gasteiger partial charge in [0.15, 0.2) is 5.17 Å². The minimum Gasteiger partial charge on any atom is -0.497 e. The number of aliphatic imine (C=N–C) groups is 1. The fraction of sp³-hybridized carbons (Fsp3) is 0.345. The Bertz CT molecular complexity index is 1270. The molecule has 2 aromatic rings. The van der Waals surface area contributed by atoms with Crippen molar-refractivity contribution < 1.29 is 23.8 Å². The van der Waals surface area contributed by atoms with Crippen LogP contribution in [0.25, 0.3) is 5.70 Å². The quantitative estimate of drug-likeness (QED) is 0.469. The van der Waals surface area contributed by atoms with Crippen molar-refractivity contribution in [1.29, 1.82) is 0 Å². The minimum absolute atomic E-state index is 0.0665. The molecule has 2 atom stereocenters. The Kier molecular flexibility index (Phi) is 8.14. The van der Waals surface area contributed by atoms with E-state index in [-0.39, 0.29) is 25.0 Å². The predicted molar refractivity (Wildman–Crippen MR) is 147 cm³/mol. The third-order valence-corrected chi connectivity index (χ3v) is 7.57. The van der Waals surface area contributed by atoms with Crippen molar-refractivity contribution >= 4 is 34.5 Å². The largest absolute Gasteiger partial charge is 0.497 e. The van der Waals surface area contributed by atoms with E-state index in [0.717, 1.165) is 36.3 Å². The highest BCUT2D eigenvalue weighted by atomic mass is 32.2. The fourth-order valence-electron chi connectivity index (χ4n) is 4.85. The Morgan fingerprint density at radius 2 is 1.95 bits per heavy atom. The number of ether oxygens (including phenoxy) is 3. The van der Waals surface area contributed by atoms with E-state index in [4.69, 9.17) is 19.2 Å². The summed E-state index contributed by atoms with van der Waals surface area (Å²) in [6, 6.07) is 16.7. The molecule has 3 aliphatic rings. The second kappa shape index (κ2) is 11.9. The van der Waals surface area contributed by atoms with Crippen molar-refractivity contribution in [3.63, 3.8) is 0 Å². The lowest BCUT2D eigenvalue weighted by Gasteiger charge is -2.36. The van der Waals surface area contributed by atoms with Crippen LogP contribution in [-0.4, -0.2) is 54.9 Å². The predicted octanol–water partition coefficient (Wildman–Crippen LogP) is 4.66. The highest BCUT2D eigenvalue weighted by Gasteiger charge is 2.42. The summed E-state index contributed by atoms with van der Waals surface area (Å²) in [7, 11) is 1.62. The SMILES string of the molecule is CCOC(=O)C1=C(c2ccccc2)N=C2SC=C(CC(=O)NCC3CCCO3)N2C1c1ccc(OC)cc1. The van der Waals surface area contributed by atoms with Gasteiger partial charge in [-0.25, -0.2) is 9.79 Å². The Morgan fingerprint density at radius 3 is 2.63 bits per heavy atom.